The van der Waals surface area contributed by atoms with Gasteiger partial charge in [0.1, 0.15) is 10.7 Å². The summed E-state index contributed by atoms with van der Waals surface area (Å²) in [4.78, 5) is 4.60. The monoisotopic (exact) mass is 433 g/mol. The molecule has 4 rings (SSSR count). The second kappa shape index (κ2) is 7.92. The molecule has 0 saturated carbocycles. The van der Waals surface area contributed by atoms with Gasteiger partial charge in [-0.2, -0.15) is 14.4 Å². The van der Waals surface area contributed by atoms with E-state index in [2.05, 4.69) is 15.2 Å². The molecule has 0 amide bonds. The third-order valence-electron chi connectivity index (χ3n) is 5.57. The Morgan fingerprint density at radius 1 is 1.27 bits per heavy atom. The van der Waals surface area contributed by atoms with Crippen LogP contribution in [0.3, 0.4) is 0 Å². The fourth-order valence-electron chi connectivity index (χ4n) is 4.01. The van der Waals surface area contributed by atoms with Gasteiger partial charge in [0.05, 0.1) is 17.0 Å². The third kappa shape index (κ3) is 3.77. The van der Waals surface area contributed by atoms with Crippen LogP contribution >= 0.6 is 0 Å². The Balaban J connectivity index is 1.51. The molecule has 8 nitrogen and oxygen atoms in total. The molecule has 0 bridgehead atoms. The summed E-state index contributed by atoms with van der Waals surface area (Å²) in [5, 5.41) is 8.13. The zero-order chi connectivity index (χ0) is 21.5. The van der Waals surface area contributed by atoms with Crippen molar-refractivity contribution in [3.8, 4) is 11.4 Å². The molecule has 0 spiro atoms. The zero-order valence-electron chi connectivity index (χ0n) is 17.2. The van der Waals surface area contributed by atoms with E-state index in [4.69, 9.17) is 4.52 Å². The summed E-state index contributed by atoms with van der Waals surface area (Å²) in [5.41, 5.74) is 1.41. The molecule has 30 heavy (non-hydrogen) atoms. The molecule has 1 fully saturated rings. The van der Waals surface area contributed by atoms with Gasteiger partial charge < -0.3 is 4.52 Å². The number of hydrogen-bond acceptors (Lipinski definition) is 6. The van der Waals surface area contributed by atoms with Gasteiger partial charge in [-0.15, -0.1) is 0 Å². The summed E-state index contributed by atoms with van der Waals surface area (Å²) in [6.07, 6.45) is 2.05. The van der Waals surface area contributed by atoms with Crippen molar-refractivity contribution in [2.45, 2.75) is 38.0 Å². The van der Waals surface area contributed by atoms with Crippen LogP contribution in [0.4, 0.5) is 4.39 Å². The first kappa shape index (κ1) is 20.7. The predicted molar refractivity (Wildman–Crippen MR) is 108 cm³/mol. The number of benzene rings is 1. The molecule has 1 aliphatic heterocycles. The zero-order valence-corrected chi connectivity index (χ0v) is 18.0. The van der Waals surface area contributed by atoms with Gasteiger partial charge in [0, 0.05) is 26.6 Å². The Morgan fingerprint density at radius 3 is 2.73 bits per heavy atom. The second-order valence-electron chi connectivity index (χ2n) is 7.69. The molecular formula is C20H24FN5O3S. The van der Waals surface area contributed by atoms with Crippen molar-refractivity contribution in [1.82, 2.24) is 24.2 Å². The van der Waals surface area contributed by atoms with E-state index in [-0.39, 0.29) is 22.2 Å². The summed E-state index contributed by atoms with van der Waals surface area (Å²) in [7, 11) is -1.90. The van der Waals surface area contributed by atoms with Crippen molar-refractivity contribution in [1.29, 1.82) is 0 Å². The highest BCUT2D eigenvalue weighted by molar-refractivity contribution is 7.89. The number of piperidine rings is 1. The maximum Gasteiger partial charge on any atom is 0.246 e. The molecule has 1 saturated heterocycles. The van der Waals surface area contributed by atoms with E-state index in [1.807, 2.05) is 0 Å². The molecule has 0 aliphatic carbocycles. The first-order valence-corrected chi connectivity index (χ1v) is 11.3. The molecule has 1 unspecified atom stereocenters. The lowest BCUT2D eigenvalue weighted by Gasteiger charge is -2.31. The molecule has 160 valence electrons. The van der Waals surface area contributed by atoms with Crippen LogP contribution in [0.2, 0.25) is 0 Å². The Kier molecular flexibility index (Phi) is 5.46. The molecule has 10 heteroatoms. The van der Waals surface area contributed by atoms with Gasteiger partial charge >= 0.3 is 0 Å². The molecule has 3 aromatic rings. The van der Waals surface area contributed by atoms with Crippen molar-refractivity contribution in [3.63, 3.8) is 0 Å². The summed E-state index contributed by atoms with van der Waals surface area (Å²) in [6.45, 7) is 4.31. The summed E-state index contributed by atoms with van der Waals surface area (Å²) >= 11 is 0. The minimum Gasteiger partial charge on any atom is -0.339 e. The maximum atomic E-state index is 14.0. The molecular weight excluding hydrogens is 409 g/mol. The molecule has 1 atom stereocenters. The van der Waals surface area contributed by atoms with Crippen LogP contribution in [0.15, 0.2) is 33.7 Å². The standard InChI is InChI=1S/C20H24FN5O3S/c1-13-19(14(2)25(3)23-13)30(27,28)26-10-6-7-15(12-26)11-18-22-20(24-29-18)16-8-4-5-9-17(16)21/h4-5,8-9,15H,6-7,10-12H2,1-3H3. The molecule has 3 heterocycles. The Bertz CT molecular complexity index is 1170. The van der Waals surface area contributed by atoms with Gasteiger partial charge in [0.15, 0.2) is 0 Å². The minimum atomic E-state index is -3.64. The Labute approximate surface area is 174 Å². The topological polar surface area (TPSA) is 94.1 Å². The number of rotatable bonds is 5. The third-order valence-corrected chi connectivity index (χ3v) is 7.69. The number of sulfonamides is 1. The van der Waals surface area contributed by atoms with E-state index < -0.39 is 15.8 Å². The summed E-state index contributed by atoms with van der Waals surface area (Å²) in [6, 6.07) is 6.25. The van der Waals surface area contributed by atoms with E-state index >= 15 is 0 Å². The quantitative estimate of drug-likeness (QED) is 0.614. The Hall–Kier alpha value is -2.59. The van der Waals surface area contributed by atoms with Crippen LogP contribution in [-0.4, -0.2) is 45.7 Å². The molecule has 0 radical (unpaired) electrons. The van der Waals surface area contributed by atoms with Gasteiger partial charge in [-0.25, -0.2) is 12.8 Å². The minimum absolute atomic E-state index is 0.0414. The van der Waals surface area contributed by atoms with Crippen molar-refractivity contribution < 1.29 is 17.3 Å². The number of halogens is 1. The van der Waals surface area contributed by atoms with Crippen LogP contribution in [0.25, 0.3) is 11.4 Å². The summed E-state index contributed by atoms with van der Waals surface area (Å²) in [5.74, 6) is 0.206. The van der Waals surface area contributed by atoms with Crippen molar-refractivity contribution in [2.75, 3.05) is 13.1 Å². The lowest BCUT2D eigenvalue weighted by Crippen LogP contribution is -2.40. The van der Waals surface area contributed by atoms with Gasteiger partial charge in [-0.3, -0.25) is 4.68 Å². The SMILES string of the molecule is Cc1nn(C)c(C)c1S(=O)(=O)N1CCCC(Cc2nc(-c3ccccc3F)no2)C1. The fraction of sp³-hybridized carbons (Fsp3) is 0.450. The van der Waals surface area contributed by atoms with Crippen molar-refractivity contribution >= 4 is 10.0 Å². The van der Waals surface area contributed by atoms with Crippen molar-refractivity contribution in [3.05, 3.63) is 47.4 Å². The second-order valence-corrected chi connectivity index (χ2v) is 9.57. The van der Waals surface area contributed by atoms with E-state index in [9.17, 15) is 12.8 Å². The number of aromatic nitrogens is 4. The van der Waals surface area contributed by atoms with Crippen LogP contribution in [0.1, 0.15) is 30.1 Å². The molecule has 1 aromatic carbocycles. The highest BCUT2D eigenvalue weighted by atomic mass is 32.2. The van der Waals surface area contributed by atoms with Gasteiger partial charge in [-0.1, -0.05) is 17.3 Å². The largest absolute Gasteiger partial charge is 0.339 e. The average molecular weight is 434 g/mol. The summed E-state index contributed by atoms with van der Waals surface area (Å²) < 4.78 is 48.9. The highest BCUT2D eigenvalue weighted by Gasteiger charge is 2.34. The van der Waals surface area contributed by atoms with E-state index in [0.29, 0.717) is 36.8 Å². The Morgan fingerprint density at radius 2 is 2.03 bits per heavy atom. The average Bonchev–Trinajstić information content (AvgIpc) is 3.26. The number of aryl methyl sites for hydroxylation is 2. The first-order chi connectivity index (χ1) is 14.3. The maximum absolute atomic E-state index is 14.0. The van der Waals surface area contributed by atoms with Crippen LogP contribution in [0.5, 0.6) is 0 Å². The number of nitrogens with zero attached hydrogens (tertiary/aromatic N) is 5. The molecule has 0 N–H and O–H groups in total. The lowest BCUT2D eigenvalue weighted by atomic mass is 9.96. The number of hydrogen-bond donors (Lipinski definition) is 0. The predicted octanol–water partition coefficient (Wildman–Crippen LogP) is 2.87. The first-order valence-electron chi connectivity index (χ1n) is 9.85. The van der Waals surface area contributed by atoms with E-state index in [1.54, 1.807) is 43.8 Å². The smallest absolute Gasteiger partial charge is 0.246 e. The van der Waals surface area contributed by atoms with E-state index in [0.717, 1.165) is 12.8 Å². The lowest BCUT2D eigenvalue weighted by molar-refractivity contribution is 0.247. The van der Waals surface area contributed by atoms with Gasteiger partial charge in [-0.05, 0) is 44.7 Å². The van der Waals surface area contributed by atoms with Crippen LogP contribution in [-0.2, 0) is 23.5 Å². The van der Waals surface area contributed by atoms with Gasteiger partial charge in [0.25, 0.3) is 0 Å². The van der Waals surface area contributed by atoms with Crippen molar-refractivity contribution in [2.24, 2.45) is 13.0 Å². The highest BCUT2D eigenvalue weighted by Crippen LogP contribution is 2.29. The van der Waals surface area contributed by atoms with Crippen LogP contribution in [0, 0.1) is 25.6 Å². The normalized spacial score (nSPS) is 18.1. The fourth-order valence-corrected chi connectivity index (χ4v) is 5.96. The van der Waals surface area contributed by atoms with Crippen LogP contribution < -0.4 is 0 Å². The molecule has 1 aliphatic rings. The molecule has 2 aromatic heterocycles. The van der Waals surface area contributed by atoms with E-state index in [1.165, 1.54) is 10.4 Å². The van der Waals surface area contributed by atoms with Gasteiger partial charge in [0.2, 0.25) is 21.7 Å².